The maximum absolute atomic E-state index is 12.5. The summed E-state index contributed by atoms with van der Waals surface area (Å²) in [5, 5.41) is 30.9. The first-order chi connectivity index (χ1) is 16.3. The van der Waals surface area contributed by atoms with Crippen molar-refractivity contribution >= 4 is 23.8 Å². The zero-order chi connectivity index (χ0) is 25.1. The smallest absolute Gasteiger partial charge is 0.499 e. The molecule has 0 aromatic heterocycles. The number of nitro groups is 1. The van der Waals surface area contributed by atoms with Gasteiger partial charge in [-0.05, 0) is 43.7 Å². The summed E-state index contributed by atoms with van der Waals surface area (Å²) in [6.45, 7) is 3.87. The van der Waals surface area contributed by atoms with Crippen molar-refractivity contribution in [2.45, 2.75) is 13.8 Å². The molecule has 1 N–H and O–H groups in total. The molecule has 0 heterocycles. The van der Waals surface area contributed by atoms with Gasteiger partial charge in [0.05, 0.1) is 4.92 Å². The van der Waals surface area contributed by atoms with Crippen molar-refractivity contribution in [1.82, 2.24) is 4.90 Å². The predicted octanol–water partition coefficient (Wildman–Crippen LogP) is 3.64. The number of aromatic hydroxyl groups is 1. The lowest BCUT2D eigenvalue weighted by Gasteiger charge is -2.17. The summed E-state index contributed by atoms with van der Waals surface area (Å²) in [6, 6.07) is 12.7. The molecule has 2 aromatic carbocycles. The molecule has 1 amide bonds. The van der Waals surface area contributed by atoms with Crippen LogP contribution in [0.4, 0.5) is 10.5 Å². The van der Waals surface area contributed by atoms with E-state index in [4.69, 9.17) is 9.47 Å². The zero-order valence-electron chi connectivity index (χ0n) is 18.5. The monoisotopic (exact) mass is 463 g/mol. The molecule has 0 aliphatic rings. The van der Waals surface area contributed by atoms with Crippen LogP contribution in [-0.4, -0.2) is 46.7 Å². The van der Waals surface area contributed by atoms with Gasteiger partial charge in [-0.15, -0.1) is 0 Å². The number of ether oxygens (including phenoxy) is 2. The maximum atomic E-state index is 12.5. The number of nitro benzene ring substituents is 1. The minimum Gasteiger partial charge on any atom is -0.499 e. The van der Waals surface area contributed by atoms with Crippen molar-refractivity contribution in [2.75, 3.05) is 19.7 Å². The lowest BCUT2D eigenvalue weighted by molar-refractivity contribution is -0.385. The molecule has 0 unspecified atom stereocenters. The molecule has 0 atom stereocenters. The molecule has 174 valence electrons. The summed E-state index contributed by atoms with van der Waals surface area (Å²) in [5.74, 6) is 3.32. The number of amides is 1. The standard InChI is InChI=1S/C24H21N3O7/c1-3-26(4-2)23(29)19(16-25)13-18-14-20(27(31)32)22(28)21(15-18)34-24(30)33-12-8-11-17-9-6-5-7-10-17/h5-7,9-10,13-15,28H,3-4,12H2,1-2H3/b19-13+. The second-order valence-corrected chi connectivity index (χ2v) is 6.60. The van der Waals surface area contributed by atoms with Gasteiger partial charge in [-0.2, -0.15) is 5.26 Å². The molecule has 10 heteroatoms. The number of rotatable bonds is 7. The number of likely N-dealkylation sites (N-methyl/N-ethyl adjacent to an activating group) is 1. The van der Waals surface area contributed by atoms with Gasteiger partial charge in [0, 0.05) is 24.7 Å². The molecule has 0 saturated heterocycles. The molecule has 0 radical (unpaired) electrons. The molecule has 0 aliphatic heterocycles. The molecular formula is C24H21N3O7. The van der Waals surface area contributed by atoms with E-state index in [1.54, 1.807) is 44.2 Å². The Labute approximate surface area is 195 Å². The van der Waals surface area contributed by atoms with Crippen LogP contribution in [0.15, 0.2) is 48.0 Å². The van der Waals surface area contributed by atoms with Crippen LogP contribution in [0.3, 0.4) is 0 Å². The van der Waals surface area contributed by atoms with Crippen LogP contribution in [0.25, 0.3) is 6.08 Å². The summed E-state index contributed by atoms with van der Waals surface area (Å²) in [4.78, 5) is 36.3. The Morgan fingerprint density at radius 2 is 1.88 bits per heavy atom. The van der Waals surface area contributed by atoms with Gasteiger partial charge in [0.15, 0.2) is 12.4 Å². The second kappa shape index (κ2) is 12.3. The molecular weight excluding hydrogens is 442 g/mol. The number of phenolic OH excluding ortho intramolecular Hbond substituents is 1. The molecule has 10 nitrogen and oxygen atoms in total. The summed E-state index contributed by atoms with van der Waals surface area (Å²) in [7, 11) is 0. The fourth-order valence-corrected chi connectivity index (χ4v) is 2.78. The molecule has 0 spiro atoms. The Balaban J connectivity index is 2.26. The molecule has 0 aliphatic carbocycles. The summed E-state index contributed by atoms with van der Waals surface area (Å²) >= 11 is 0. The van der Waals surface area contributed by atoms with E-state index in [0.717, 1.165) is 18.2 Å². The van der Waals surface area contributed by atoms with Crippen LogP contribution in [-0.2, 0) is 9.53 Å². The number of carbonyl (C=O) groups excluding carboxylic acids is 2. The third kappa shape index (κ3) is 6.84. The fourth-order valence-electron chi connectivity index (χ4n) is 2.78. The lowest BCUT2D eigenvalue weighted by Crippen LogP contribution is -2.31. The normalized spacial score (nSPS) is 10.3. The van der Waals surface area contributed by atoms with Crippen LogP contribution < -0.4 is 4.74 Å². The van der Waals surface area contributed by atoms with Crippen LogP contribution >= 0.6 is 0 Å². The number of hydrogen-bond acceptors (Lipinski definition) is 8. The van der Waals surface area contributed by atoms with Crippen molar-refractivity contribution in [1.29, 1.82) is 5.26 Å². The largest absolute Gasteiger partial charge is 0.514 e. The van der Waals surface area contributed by atoms with Crippen molar-refractivity contribution < 1.29 is 29.1 Å². The van der Waals surface area contributed by atoms with Crippen LogP contribution in [0.5, 0.6) is 11.5 Å². The molecule has 0 bridgehead atoms. The van der Waals surface area contributed by atoms with E-state index in [1.165, 1.54) is 4.90 Å². The molecule has 0 saturated carbocycles. The number of phenols is 1. The van der Waals surface area contributed by atoms with Crippen LogP contribution in [0.2, 0.25) is 0 Å². The average molecular weight is 463 g/mol. The SMILES string of the molecule is CCN(CC)C(=O)/C(C#N)=C/c1cc(OC(=O)OCC#Cc2ccccc2)c(O)c([N+](=O)[O-])c1. The minimum absolute atomic E-state index is 0.00627. The Bertz CT molecular complexity index is 1200. The fraction of sp³-hybridized carbons (Fsp3) is 0.208. The number of benzene rings is 2. The minimum atomic E-state index is -1.26. The van der Waals surface area contributed by atoms with Gasteiger partial charge in [0.2, 0.25) is 5.75 Å². The molecule has 2 rings (SSSR count). The Morgan fingerprint density at radius 3 is 2.47 bits per heavy atom. The maximum Gasteiger partial charge on any atom is 0.514 e. The van der Waals surface area contributed by atoms with Crippen LogP contribution in [0, 0.1) is 33.3 Å². The third-order valence-corrected chi connectivity index (χ3v) is 4.45. The predicted molar refractivity (Wildman–Crippen MR) is 122 cm³/mol. The van der Waals surface area contributed by atoms with E-state index in [0.29, 0.717) is 18.7 Å². The van der Waals surface area contributed by atoms with Crippen LogP contribution in [0.1, 0.15) is 25.0 Å². The van der Waals surface area contributed by atoms with E-state index in [2.05, 4.69) is 11.8 Å². The van der Waals surface area contributed by atoms with Crippen molar-refractivity contribution in [3.63, 3.8) is 0 Å². The van der Waals surface area contributed by atoms with E-state index in [-0.39, 0.29) is 17.7 Å². The first-order valence-corrected chi connectivity index (χ1v) is 10.1. The van der Waals surface area contributed by atoms with E-state index < -0.39 is 34.2 Å². The Hall–Kier alpha value is -4.83. The first kappa shape index (κ1) is 25.4. The zero-order valence-corrected chi connectivity index (χ0v) is 18.5. The van der Waals surface area contributed by atoms with Gasteiger partial charge in [-0.3, -0.25) is 14.9 Å². The number of nitriles is 1. The molecule has 34 heavy (non-hydrogen) atoms. The second-order valence-electron chi connectivity index (χ2n) is 6.60. The van der Waals surface area contributed by atoms with E-state index >= 15 is 0 Å². The van der Waals surface area contributed by atoms with E-state index in [9.17, 15) is 30.1 Å². The Kier molecular flexibility index (Phi) is 9.18. The summed E-state index contributed by atoms with van der Waals surface area (Å²) < 4.78 is 9.72. The van der Waals surface area contributed by atoms with Gasteiger partial charge >= 0.3 is 11.8 Å². The lowest BCUT2D eigenvalue weighted by atomic mass is 10.1. The van der Waals surface area contributed by atoms with Gasteiger partial charge in [-0.1, -0.05) is 30.0 Å². The Morgan fingerprint density at radius 1 is 1.21 bits per heavy atom. The highest BCUT2D eigenvalue weighted by Gasteiger charge is 2.23. The third-order valence-electron chi connectivity index (χ3n) is 4.45. The summed E-state index contributed by atoms with van der Waals surface area (Å²) in [5.41, 5.74) is -0.366. The summed E-state index contributed by atoms with van der Waals surface area (Å²) in [6.07, 6.45) is -0.149. The first-order valence-electron chi connectivity index (χ1n) is 10.1. The molecule has 0 fully saturated rings. The van der Waals surface area contributed by atoms with Crippen molar-refractivity contribution in [2.24, 2.45) is 0 Å². The highest BCUT2D eigenvalue weighted by atomic mass is 16.7. The highest BCUT2D eigenvalue weighted by Crippen LogP contribution is 2.38. The molecule has 2 aromatic rings. The van der Waals surface area contributed by atoms with Crippen molar-refractivity contribution in [3.05, 3.63) is 69.3 Å². The quantitative estimate of drug-likeness (QED) is 0.125. The topological polar surface area (TPSA) is 143 Å². The van der Waals surface area contributed by atoms with Gasteiger partial charge < -0.3 is 19.5 Å². The van der Waals surface area contributed by atoms with E-state index in [1.807, 2.05) is 6.07 Å². The highest BCUT2D eigenvalue weighted by molar-refractivity contribution is 6.01. The average Bonchev–Trinajstić information content (AvgIpc) is 2.83. The number of hydrogen-bond donors (Lipinski definition) is 1. The van der Waals surface area contributed by atoms with Crippen molar-refractivity contribution in [3.8, 4) is 29.4 Å². The van der Waals surface area contributed by atoms with Gasteiger partial charge in [-0.25, -0.2) is 4.79 Å². The number of nitrogens with zero attached hydrogens (tertiary/aromatic N) is 3. The van der Waals surface area contributed by atoms with Gasteiger partial charge in [0.1, 0.15) is 11.6 Å². The van der Waals surface area contributed by atoms with Gasteiger partial charge in [0.25, 0.3) is 5.91 Å². The number of carbonyl (C=O) groups is 2.